The predicted molar refractivity (Wildman–Crippen MR) is 84.4 cm³/mol. The summed E-state index contributed by atoms with van der Waals surface area (Å²) in [6.45, 7) is 5.97. The third-order valence-electron chi connectivity index (χ3n) is 3.07. The molecule has 0 fully saturated rings. The lowest BCUT2D eigenvalue weighted by molar-refractivity contribution is -0.114. The fourth-order valence-electron chi connectivity index (χ4n) is 2.12. The molecule has 0 aliphatic heterocycles. The van der Waals surface area contributed by atoms with Gasteiger partial charge in [-0.25, -0.2) is 9.97 Å². The molecule has 0 saturated heterocycles. The predicted octanol–water partition coefficient (Wildman–Crippen LogP) is 2.71. The Balaban J connectivity index is 1.96. The van der Waals surface area contributed by atoms with Crippen LogP contribution < -0.4 is 10.6 Å². The SMILES string of the molecule is CCc1ccccc1NC(=O)CNc1cc(C)nc(C)n1. The average molecular weight is 284 g/mol. The van der Waals surface area contributed by atoms with Crippen molar-refractivity contribution in [2.45, 2.75) is 27.2 Å². The number of hydrogen-bond donors (Lipinski definition) is 2. The number of aromatic nitrogens is 2. The normalized spacial score (nSPS) is 10.2. The van der Waals surface area contributed by atoms with Crippen molar-refractivity contribution < 1.29 is 4.79 Å². The zero-order valence-corrected chi connectivity index (χ0v) is 12.6. The Labute approximate surface area is 124 Å². The topological polar surface area (TPSA) is 66.9 Å². The summed E-state index contributed by atoms with van der Waals surface area (Å²) >= 11 is 0. The van der Waals surface area contributed by atoms with E-state index in [9.17, 15) is 4.79 Å². The number of amides is 1. The highest BCUT2D eigenvalue weighted by Crippen LogP contribution is 2.15. The Morgan fingerprint density at radius 2 is 1.95 bits per heavy atom. The molecule has 5 heteroatoms. The van der Waals surface area contributed by atoms with Crippen molar-refractivity contribution in [2.24, 2.45) is 0 Å². The van der Waals surface area contributed by atoms with Gasteiger partial charge in [-0.1, -0.05) is 25.1 Å². The van der Waals surface area contributed by atoms with E-state index in [0.717, 1.165) is 23.4 Å². The number of nitrogens with zero attached hydrogens (tertiary/aromatic N) is 2. The molecular formula is C16H20N4O. The highest BCUT2D eigenvalue weighted by molar-refractivity contribution is 5.94. The van der Waals surface area contributed by atoms with Crippen LogP contribution in [0.1, 0.15) is 24.0 Å². The summed E-state index contributed by atoms with van der Waals surface area (Å²) in [6.07, 6.45) is 0.883. The molecule has 2 aromatic rings. The zero-order chi connectivity index (χ0) is 15.2. The van der Waals surface area contributed by atoms with Gasteiger partial charge in [0.1, 0.15) is 11.6 Å². The molecule has 0 aliphatic carbocycles. The van der Waals surface area contributed by atoms with Crippen molar-refractivity contribution in [3.05, 3.63) is 47.4 Å². The maximum atomic E-state index is 12.0. The molecule has 0 atom stereocenters. The molecule has 2 rings (SSSR count). The minimum absolute atomic E-state index is 0.0928. The molecule has 0 radical (unpaired) electrons. The van der Waals surface area contributed by atoms with Crippen LogP contribution >= 0.6 is 0 Å². The Hall–Kier alpha value is -2.43. The van der Waals surface area contributed by atoms with Crippen molar-refractivity contribution in [1.29, 1.82) is 0 Å². The molecular weight excluding hydrogens is 264 g/mol. The van der Waals surface area contributed by atoms with Crippen molar-refractivity contribution in [3.8, 4) is 0 Å². The lowest BCUT2D eigenvalue weighted by atomic mass is 10.1. The molecule has 0 unspecified atom stereocenters. The number of carbonyl (C=O) groups excluding carboxylic acids is 1. The fourth-order valence-corrected chi connectivity index (χ4v) is 2.12. The number of rotatable bonds is 5. The fraction of sp³-hybridized carbons (Fsp3) is 0.312. The highest BCUT2D eigenvalue weighted by atomic mass is 16.1. The first-order chi connectivity index (χ1) is 10.1. The van der Waals surface area contributed by atoms with Gasteiger partial charge in [0.2, 0.25) is 5.91 Å². The Morgan fingerprint density at radius 1 is 1.19 bits per heavy atom. The first-order valence-electron chi connectivity index (χ1n) is 7.02. The third kappa shape index (κ3) is 4.27. The van der Waals surface area contributed by atoms with Crippen LogP contribution in [0, 0.1) is 13.8 Å². The minimum Gasteiger partial charge on any atom is -0.361 e. The monoisotopic (exact) mass is 284 g/mol. The van der Waals surface area contributed by atoms with Crippen molar-refractivity contribution >= 4 is 17.4 Å². The van der Waals surface area contributed by atoms with Gasteiger partial charge in [-0.05, 0) is 31.9 Å². The lowest BCUT2D eigenvalue weighted by Gasteiger charge is -2.11. The van der Waals surface area contributed by atoms with E-state index in [4.69, 9.17) is 0 Å². The number of para-hydroxylation sites is 1. The summed E-state index contributed by atoms with van der Waals surface area (Å²) in [5.74, 6) is 1.26. The average Bonchev–Trinajstić information content (AvgIpc) is 2.45. The smallest absolute Gasteiger partial charge is 0.243 e. The van der Waals surface area contributed by atoms with Gasteiger partial charge in [-0.2, -0.15) is 0 Å². The maximum Gasteiger partial charge on any atom is 0.243 e. The maximum absolute atomic E-state index is 12.0. The lowest BCUT2D eigenvalue weighted by Crippen LogP contribution is -2.23. The van der Waals surface area contributed by atoms with Gasteiger partial charge in [0.15, 0.2) is 0 Å². The van der Waals surface area contributed by atoms with Gasteiger partial charge in [0.25, 0.3) is 0 Å². The van der Waals surface area contributed by atoms with Crippen LogP contribution in [0.5, 0.6) is 0 Å². The van der Waals surface area contributed by atoms with Crippen LogP contribution in [0.15, 0.2) is 30.3 Å². The molecule has 0 spiro atoms. The molecule has 1 aromatic carbocycles. The first kappa shape index (κ1) is 15.0. The largest absolute Gasteiger partial charge is 0.361 e. The molecule has 21 heavy (non-hydrogen) atoms. The van der Waals surface area contributed by atoms with Crippen LogP contribution in [0.3, 0.4) is 0 Å². The highest BCUT2D eigenvalue weighted by Gasteiger charge is 2.06. The Bertz CT molecular complexity index is 620. The summed E-state index contributed by atoms with van der Waals surface area (Å²) in [5.41, 5.74) is 2.86. The van der Waals surface area contributed by atoms with E-state index in [1.165, 1.54) is 0 Å². The van der Waals surface area contributed by atoms with E-state index in [1.807, 2.05) is 44.2 Å². The van der Waals surface area contributed by atoms with Crippen LogP contribution in [-0.2, 0) is 11.2 Å². The number of carbonyl (C=O) groups is 1. The summed E-state index contributed by atoms with van der Waals surface area (Å²) in [7, 11) is 0. The second kappa shape index (κ2) is 6.83. The van der Waals surface area contributed by atoms with Crippen LogP contribution in [0.2, 0.25) is 0 Å². The second-order valence-electron chi connectivity index (χ2n) is 4.85. The number of benzene rings is 1. The molecule has 2 N–H and O–H groups in total. The van der Waals surface area contributed by atoms with E-state index >= 15 is 0 Å². The molecule has 1 heterocycles. The van der Waals surface area contributed by atoms with Crippen molar-refractivity contribution in [1.82, 2.24) is 9.97 Å². The summed E-state index contributed by atoms with van der Waals surface area (Å²) in [6, 6.07) is 9.63. The number of hydrogen-bond acceptors (Lipinski definition) is 4. The quantitative estimate of drug-likeness (QED) is 0.886. The second-order valence-corrected chi connectivity index (χ2v) is 4.85. The number of nitrogens with one attached hydrogen (secondary N) is 2. The van der Waals surface area contributed by atoms with Gasteiger partial charge >= 0.3 is 0 Å². The van der Waals surface area contributed by atoms with Gasteiger partial charge in [-0.15, -0.1) is 0 Å². The molecule has 1 aromatic heterocycles. The first-order valence-corrected chi connectivity index (χ1v) is 7.02. The summed E-state index contributed by atoms with van der Waals surface area (Å²) in [5, 5.41) is 5.94. The zero-order valence-electron chi connectivity index (χ0n) is 12.6. The van der Waals surface area contributed by atoms with Crippen LogP contribution in [0.4, 0.5) is 11.5 Å². The van der Waals surface area contributed by atoms with Gasteiger partial charge < -0.3 is 10.6 Å². The van der Waals surface area contributed by atoms with E-state index in [-0.39, 0.29) is 12.5 Å². The standard InChI is InChI=1S/C16H20N4O/c1-4-13-7-5-6-8-14(13)20-16(21)10-17-15-9-11(2)18-12(3)19-15/h5-9H,4,10H2,1-3H3,(H,20,21)(H,17,18,19). The van der Waals surface area contributed by atoms with Crippen LogP contribution in [0.25, 0.3) is 0 Å². The Morgan fingerprint density at radius 3 is 2.67 bits per heavy atom. The molecule has 1 amide bonds. The van der Waals surface area contributed by atoms with E-state index in [2.05, 4.69) is 27.5 Å². The van der Waals surface area contributed by atoms with Crippen molar-refractivity contribution in [2.75, 3.05) is 17.2 Å². The molecule has 0 aliphatic rings. The van der Waals surface area contributed by atoms with E-state index in [1.54, 1.807) is 0 Å². The molecule has 0 bridgehead atoms. The number of aryl methyl sites for hydroxylation is 3. The number of anilines is 2. The molecule has 5 nitrogen and oxygen atoms in total. The van der Waals surface area contributed by atoms with Crippen molar-refractivity contribution in [3.63, 3.8) is 0 Å². The minimum atomic E-state index is -0.0928. The van der Waals surface area contributed by atoms with Crippen LogP contribution in [-0.4, -0.2) is 22.4 Å². The van der Waals surface area contributed by atoms with Gasteiger partial charge in [-0.3, -0.25) is 4.79 Å². The Kier molecular flexibility index (Phi) is 4.87. The van der Waals surface area contributed by atoms with Gasteiger partial charge in [0.05, 0.1) is 6.54 Å². The van der Waals surface area contributed by atoms with Gasteiger partial charge in [0, 0.05) is 17.4 Å². The molecule has 0 saturated carbocycles. The van der Waals surface area contributed by atoms with E-state index in [0.29, 0.717) is 11.6 Å². The van der Waals surface area contributed by atoms with E-state index < -0.39 is 0 Å². The molecule has 110 valence electrons. The third-order valence-corrected chi connectivity index (χ3v) is 3.07. The summed E-state index contributed by atoms with van der Waals surface area (Å²) in [4.78, 5) is 20.5. The summed E-state index contributed by atoms with van der Waals surface area (Å²) < 4.78 is 0.